The molecule has 0 aromatic heterocycles. The Bertz CT molecular complexity index is 671. The Morgan fingerprint density at radius 1 is 1.09 bits per heavy atom. The lowest BCUT2D eigenvalue weighted by atomic mass is 9.91. The van der Waals surface area contributed by atoms with Crippen LogP contribution in [-0.4, -0.2) is 25.7 Å². The highest BCUT2D eigenvalue weighted by Gasteiger charge is 2.14. The summed E-state index contributed by atoms with van der Waals surface area (Å²) in [5, 5.41) is 10.7. The van der Waals surface area contributed by atoms with Crippen LogP contribution in [0.1, 0.15) is 17.0 Å². The standard InChI is InChI=1S/C17H20N2O4/c1-22-16-8-5-13(10-17(16)23-2)14(11-18)9-12-3-6-15(7-4-12)19(20)21/h3-8,10,14H,9,11,18H2,1-2H3. The largest absolute Gasteiger partial charge is 0.493 e. The van der Waals surface area contributed by atoms with E-state index in [1.807, 2.05) is 18.2 Å². The number of benzene rings is 2. The van der Waals surface area contributed by atoms with E-state index < -0.39 is 4.92 Å². The van der Waals surface area contributed by atoms with Crippen LogP contribution in [0.5, 0.6) is 11.5 Å². The van der Waals surface area contributed by atoms with Crippen molar-refractivity contribution in [1.29, 1.82) is 0 Å². The summed E-state index contributed by atoms with van der Waals surface area (Å²) in [4.78, 5) is 10.3. The normalized spacial score (nSPS) is 11.8. The average Bonchev–Trinajstić information content (AvgIpc) is 2.59. The van der Waals surface area contributed by atoms with Crippen LogP contribution in [0.4, 0.5) is 5.69 Å². The molecular weight excluding hydrogens is 296 g/mol. The Kier molecular flexibility index (Phi) is 5.54. The molecule has 0 spiro atoms. The highest BCUT2D eigenvalue weighted by Crippen LogP contribution is 2.31. The molecule has 2 aromatic rings. The van der Waals surface area contributed by atoms with E-state index in [9.17, 15) is 10.1 Å². The first-order valence-corrected chi connectivity index (χ1v) is 7.24. The third-order valence-corrected chi connectivity index (χ3v) is 3.79. The molecule has 2 aromatic carbocycles. The third-order valence-electron chi connectivity index (χ3n) is 3.79. The van der Waals surface area contributed by atoms with Gasteiger partial charge < -0.3 is 15.2 Å². The molecule has 0 amide bonds. The van der Waals surface area contributed by atoms with Gasteiger partial charge in [0.25, 0.3) is 5.69 Å². The number of hydrogen-bond donors (Lipinski definition) is 1. The van der Waals surface area contributed by atoms with Gasteiger partial charge in [-0.3, -0.25) is 10.1 Å². The Morgan fingerprint density at radius 2 is 1.74 bits per heavy atom. The molecule has 2 rings (SSSR count). The summed E-state index contributed by atoms with van der Waals surface area (Å²) in [6.07, 6.45) is 0.698. The summed E-state index contributed by atoms with van der Waals surface area (Å²) in [5.41, 5.74) is 8.05. The number of nitro groups is 1. The molecule has 0 fully saturated rings. The van der Waals surface area contributed by atoms with Crippen molar-refractivity contribution in [3.63, 3.8) is 0 Å². The van der Waals surface area contributed by atoms with E-state index in [2.05, 4.69) is 0 Å². The van der Waals surface area contributed by atoms with Crippen molar-refractivity contribution in [3.05, 3.63) is 63.7 Å². The first kappa shape index (κ1) is 16.8. The van der Waals surface area contributed by atoms with Gasteiger partial charge in [-0.15, -0.1) is 0 Å². The van der Waals surface area contributed by atoms with Gasteiger partial charge in [-0.1, -0.05) is 18.2 Å². The number of non-ortho nitro benzene ring substituents is 1. The Balaban J connectivity index is 2.21. The molecule has 0 saturated carbocycles. The van der Waals surface area contributed by atoms with Crippen molar-refractivity contribution in [2.45, 2.75) is 12.3 Å². The Morgan fingerprint density at radius 3 is 2.26 bits per heavy atom. The molecule has 1 unspecified atom stereocenters. The maximum absolute atomic E-state index is 10.7. The molecular formula is C17H20N2O4. The van der Waals surface area contributed by atoms with Gasteiger partial charge in [0.2, 0.25) is 0 Å². The van der Waals surface area contributed by atoms with Gasteiger partial charge in [0.05, 0.1) is 19.1 Å². The molecule has 0 radical (unpaired) electrons. The fraction of sp³-hybridized carbons (Fsp3) is 0.294. The Hall–Kier alpha value is -2.60. The first-order valence-electron chi connectivity index (χ1n) is 7.24. The van der Waals surface area contributed by atoms with Gasteiger partial charge in [-0.25, -0.2) is 0 Å². The van der Waals surface area contributed by atoms with E-state index in [1.54, 1.807) is 26.4 Å². The van der Waals surface area contributed by atoms with Crippen molar-refractivity contribution in [3.8, 4) is 11.5 Å². The van der Waals surface area contributed by atoms with Gasteiger partial charge in [-0.05, 0) is 36.2 Å². The number of nitrogens with zero attached hydrogens (tertiary/aromatic N) is 1. The number of nitrogens with two attached hydrogens (primary N) is 1. The van der Waals surface area contributed by atoms with Crippen LogP contribution in [0, 0.1) is 10.1 Å². The molecule has 6 nitrogen and oxygen atoms in total. The number of rotatable bonds is 7. The van der Waals surface area contributed by atoms with Crippen LogP contribution in [-0.2, 0) is 6.42 Å². The second-order valence-corrected chi connectivity index (χ2v) is 5.17. The summed E-state index contributed by atoms with van der Waals surface area (Å²) in [6.45, 7) is 0.465. The number of ether oxygens (including phenoxy) is 2. The van der Waals surface area contributed by atoms with Gasteiger partial charge in [0.1, 0.15) is 0 Å². The van der Waals surface area contributed by atoms with E-state index in [0.29, 0.717) is 24.5 Å². The van der Waals surface area contributed by atoms with E-state index in [-0.39, 0.29) is 11.6 Å². The molecule has 6 heteroatoms. The summed E-state index contributed by atoms with van der Waals surface area (Å²) in [7, 11) is 3.18. The predicted octanol–water partition coefficient (Wildman–Crippen LogP) is 2.90. The van der Waals surface area contributed by atoms with Crippen LogP contribution < -0.4 is 15.2 Å². The maximum Gasteiger partial charge on any atom is 0.269 e. The van der Waals surface area contributed by atoms with E-state index in [0.717, 1.165) is 11.1 Å². The zero-order valence-electron chi connectivity index (χ0n) is 13.2. The fourth-order valence-corrected chi connectivity index (χ4v) is 2.48. The van der Waals surface area contributed by atoms with Crippen LogP contribution in [0.25, 0.3) is 0 Å². The molecule has 0 heterocycles. The second kappa shape index (κ2) is 7.60. The van der Waals surface area contributed by atoms with Crippen molar-refractivity contribution in [2.24, 2.45) is 5.73 Å². The zero-order valence-corrected chi connectivity index (χ0v) is 13.2. The second-order valence-electron chi connectivity index (χ2n) is 5.17. The molecule has 1 atom stereocenters. The smallest absolute Gasteiger partial charge is 0.269 e. The number of methoxy groups -OCH3 is 2. The summed E-state index contributed by atoms with van der Waals surface area (Å²) >= 11 is 0. The summed E-state index contributed by atoms with van der Waals surface area (Å²) < 4.78 is 10.6. The minimum atomic E-state index is -0.404. The average molecular weight is 316 g/mol. The minimum Gasteiger partial charge on any atom is -0.493 e. The predicted molar refractivity (Wildman–Crippen MR) is 88.1 cm³/mol. The topological polar surface area (TPSA) is 87.6 Å². The lowest BCUT2D eigenvalue weighted by Crippen LogP contribution is -2.15. The van der Waals surface area contributed by atoms with Crippen molar-refractivity contribution < 1.29 is 14.4 Å². The number of hydrogen-bond acceptors (Lipinski definition) is 5. The monoisotopic (exact) mass is 316 g/mol. The van der Waals surface area contributed by atoms with Crippen LogP contribution in [0.3, 0.4) is 0 Å². The number of nitro benzene ring substituents is 1. The molecule has 122 valence electrons. The van der Waals surface area contributed by atoms with E-state index in [1.165, 1.54) is 12.1 Å². The quantitative estimate of drug-likeness (QED) is 0.627. The molecule has 0 aliphatic heterocycles. The third kappa shape index (κ3) is 3.98. The highest BCUT2D eigenvalue weighted by atomic mass is 16.6. The van der Waals surface area contributed by atoms with Crippen molar-refractivity contribution in [2.75, 3.05) is 20.8 Å². The summed E-state index contributed by atoms with van der Waals surface area (Å²) in [5.74, 6) is 1.42. The van der Waals surface area contributed by atoms with Gasteiger partial charge >= 0.3 is 0 Å². The molecule has 2 N–H and O–H groups in total. The minimum absolute atomic E-state index is 0.0872. The Labute approximate surface area is 135 Å². The van der Waals surface area contributed by atoms with Gasteiger partial charge in [-0.2, -0.15) is 0 Å². The lowest BCUT2D eigenvalue weighted by Gasteiger charge is -2.17. The zero-order chi connectivity index (χ0) is 16.8. The molecule has 0 aliphatic rings. The lowest BCUT2D eigenvalue weighted by molar-refractivity contribution is -0.384. The van der Waals surface area contributed by atoms with Crippen LogP contribution in [0.2, 0.25) is 0 Å². The van der Waals surface area contributed by atoms with Crippen molar-refractivity contribution in [1.82, 2.24) is 0 Å². The first-order chi connectivity index (χ1) is 11.1. The molecule has 0 aliphatic carbocycles. The van der Waals surface area contributed by atoms with Crippen LogP contribution in [0.15, 0.2) is 42.5 Å². The van der Waals surface area contributed by atoms with Gasteiger partial charge in [0, 0.05) is 18.1 Å². The molecule has 23 heavy (non-hydrogen) atoms. The highest BCUT2D eigenvalue weighted by molar-refractivity contribution is 5.44. The maximum atomic E-state index is 10.7. The van der Waals surface area contributed by atoms with Crippen molar-refractivity contribution >= 4 is 5.69 Å². The fourth-order valence-electron chi connectivity index (χ4n) is 2.48. The molecule has 0 bridgehead atoms. The molecule has 0 saturated heterocycles. The summed E-state index contributed by atoms with van der Waals surface area (Å²) in [6, 6.07) is 12.3. The van der Waals surface area contributed by atoms with Crippen LogP contribution >= 0.6 is 0 Å². The van der Waals surface area contributed by atoms with E-state index >= 15 is 0 Å². The van der Waals surface area contributed by atoms with Gasteiger partial charge in [0.15, 0.2) is 11.5 Å². The van der Waals surface area contributed by atoms with E-state index in [4.69, 9.17) is 15.2 Å². The SMILES string of the molecule is COc1ccc(C(CN)Cc2ccc([N+](=O)[O-])cc2)cc1OC.